The first-order valence-corrected chi connectivity index (χ1v) is 23.7. The van der Waals surface area contributed by atoms with Crippen molar-refractivity contribution in [2.45, 2.75) is 87.5 Å². The SMILES string of the molecule is O=C(NC1CCC(c2ccc(-c3cnc([C@@H]4CCCN4C(=O)[C@H](NC(=O)N4CCOCC4)c4ccccc4)[nH]3)cc2)CC1)[C@@H]1CCCN1C(=O)[C@H](NC(=O)N1CCOCC1)c1ccccc1. The van der Waals surface area contributed by atoms with Crippen molar-refractivity contribution in [2.75, 3.05) is 65.7 Å². The predicted octanol–water partition coefficient (Wildman–Crippen LogP) is 5.44. The fourth-order valence-electron chi connectivity index (χ4n) is 10.2. The number of aromatic amines is 1. The van der Waals surface area contributed by atoms with Crippen LogP contribution in [0.25, 0.3) is 11.3 Å². The predicted molar refractivity (Wildman–Crippen MR) is 246 cm³/mol. The summed E-state index contributed by atoms with van der Waals surface area (Å²) in [5, 5.41) is 9.28. The molecule has 3 aromatic carbocycles. The van der Waals surface area contributed by atoms with E-state index in [1.807, 2.05) is 71.8 Å². The summed E-state index contributed by atoms with van der Waals surface area (Å²) in [6.07, 6.45) is 8.25. The van der Waals surface area contributed by atoms with Gasteiger partial charge in [0, 0.05) is 45.3 Å². The molecule has 0 spiro atoms. The number of nitrogens with one attached hydrogen (secondary N) is 4. The number of urea groups is 2. The summed E-state index contributed by atoms with van der Waals surface area (Å²) in [6, 6.07) is 24.1. The summed E-state index contributed by atoms with van der Waals surface area (Å²) in [5.74, 6) is 0.527. The number of ether oxygens (including phenoxy) is 2. The molecule has 16 heteroatoms. The van der Waals surface area contributed by atoms with Gasteiger partial charge < -0.3 is 50.0 Å². The van der Waals surface area contributed by atoms with Gasteiger partial charge in [0.2, 0.25) is 11.8 Å². The summed E-state index contributed by atoms with van der Waals surface area (Å²) in [7, 11) is 0. The molecule has 4 aliphatic heterocycles. The Labute approximate surface area is 385 Å². The fourth-order valence-corrected chi connectivity index (χ4v) is 10.2. The molecule has 0 radical (unpaired) electrons. The Balaban J connectivity index is 0.787. The zero-order chi connectivity index (χ0) is 45.4. The third kappa shape index (κ3) is 10.2. The van der Waals surface area contributed by atoms with Gasteiger partial charge in [0.05, 0.1) is 44.4 Å². The van der Waals surface area contributed by atoms with Crippen LogP contribution in [0.5, 0.6) is 0 Å². The van der Waals surface area contributed by atoms with Gasteiger partial charge in [-0.3, -0.25) is 14.4 Å². The second-order valence-corrected chi connectivity index (χ2v) is 18.0. The second kappa shape index (κ2) is 20.9. The van der Waals surface area contributed by atoms with E-state index in [2.05, 4.69) is 45.2 Å². The molecule has 4 saturated heterocycles. The van der Waals surface area contributed by atoms with Crippen molar-refractivity contribution >= 4 is 29.8 Å². The highest BCUT2D eigenvalue weighted by Gasteiger charge is 2.41. The molecule has 66 heavy (non-hydrogen) atoms. The number of H-pyrrole nitrogens is 1. The van der Waals surface area contributed by atoms with Crippen molar-refractivity contribution < 1.29 is 33.4 Å². The lowest BCUT2D eigenvalue weighted by molar-refractivity contribution is -0.140. The standard InChI is InChI=1S/C50H61N9O7/c60-46(42-14-8-24-59(42)48(62)44(38-11-5-2-6-12-38)55-50(64)57-27-31-66-32-28-57)52-39-21-19-35(20-22-39)34-15-17-36(18-16-34)40-33-51-45(53-40)41-13-7-23-58(41)47(61)43(37-9-3-1-4-10-37)54-49(63)56-25-29-65-30-26-56/h1-6,9-12,15-18,33,35,39,41-44H,7-8,13-14,19-32H2,(H,51,53)(H,52,60)(H,54,63)(H,55,64)/t35?,39?,41-,42-,43+,44+/m0/s1. The van der Waals surface area contributed by atoms with Crippen LogP contribution in [-0.4, -0.2) is 137 Å². The van der Waals surface area contributed by atoms with Crippen LogP contribution in [-0.2, 0) is 23.9 Å². The molecule has 7 amide bonds. The number of nitrogens with zero attached hydrogens (tertiary/aromatic N) is 5. The van der Waals surface area contributed by atoms with E-state index in [1.54, 1.807) is 14.7 Å². The largest absolute Gasteiger partial charge is 0.378 e. The number of imidazole rings is 1. The van der Waals surface area contributed by atoms with E-state index in [0.717, 1.165) is 67.6 Å². The first-order chi connectivity index (χ1) is 32.3. The normalized spacial score (nSPS) is 23.2. The van der Waals surface area contributed by atoms with E-state index in [0.29, 0.717) is 83.6 Å². The van der Waals surface area contributed by atoms with E-state index in [9.17, 15) is 24.0 Å². The van der Waals surface area contributed by atoms with Crippen molar-refractivity contribution in [3.8, 4) is 11.3 Å². The molecule has 1 saturated carbocycles. The third-order valence-electron chi connectivity index (χ3n) is 13.9. The minimum Gasteiger partial charge on any atom is -0.378 e. The maximum absolute atomic E-state index is 14.3. The van der Waals surface area contributed by atoms with Crippen molar-refractivity contribution in [2.24, 2.45) is 0 Å². The number of hydrogen-bond donors (Lipinski definition) is 4. The van der Waals surface area contributed by atoms with Gasteiger partial charge in [-0.05, 0) is 79.5 Å². The molecule has 5 fully saturated rings. The van der Waals surface area contributed by atoms with E-state index >= 15 is 0 Å². The topological polar surface area (TPSA) is 182 Å². The fraction of sp³-hybridized carbons (Fsp3) is 0.480. The maximum atomic E-state index is 14.3. The number of hydrogen-bond acceptors (Lipinski definition) is 8. The first kappa shape index (κ1) is 44.9. The molecule has 4 N–H and O–H groups in total. The third-order valence-corrected chi connectivity index (χ3v) is 13.9. The van der Waals surface area contributed by atoms with Crippen molar-refractivity contribution in [3.05, 3.63) is 114 Å². The summed E-state index contributed by atoms with van der Waals surface area (Å²) < 4.78 is 10.8. The Hall–Kier alpha value is -6.26. The number of benzene rings is 3. The average Bonchev–Trinajstić information content (AvgIpc) is 4.19. The van der Waals surface area contributed by atoms with Gasteiger partial charge >= 0.3 is 12.1 Å². The molecule has 4 atom stereocenters. The highest BCUT2D eigenvalue weighted by Crippen LogP contribution is 2.37. The van der Waals surface area contributed by atoms with Crippen molar-refractivity contribution in [3.63, 3.8) is 0 Å². The lowest BCUT2D eigenvalue weighted by atomic mass is 9.81. The van der Waals surface area contributed by atoms with E-state index in [4.69, 9.17) is 14.5 Å². The monoisotopic (exact) mass is 899 g/mol. The molecule has 5 heterocycles. The second-order valence-electron chi connectivity index (χ2n) is 18.0. The molecular formula is C50H61N9O7. The smallest absolute Gasteiger partial charge is 0.318 e. The lowest BCUT2D eigenvalue weighted by Gasteiger charge is -2.33. The van der Waals surface area contributed by atoms with Gasteiger partial charge in [-0.15, -0.1) is 0 Å². The Morgan fingerprint density at radius 3 is 1.71 bits per heavy atom. The molecule has 348 valence electrons. The average molecular weight is 900 g/mol. The van der Waals surface area contributed by atoms with Crippen molar-refractivity contribution in [1.82, 2.24) is 45.5 Å². The van der Waals surface area contributed by atoms with Crippen LogP contribution in [0.2, 0.25) is 0 Å². The van der Waals surface area contributed by atoms with Crippen LogP contribution in [0.3, 0.4) is 0 Å². The molecule has 1 aromatic heterocycles. The van der Waals surface area contributed by atoms with Crippen LogP contribution >= 0.6 is 0 Å². The number of morpholine rings is 2. The number of carbonyl (C=O) groups excluding carboxylic acids is 5. The molecule has 5 aliphatic rings. The van der Waals surface area contributed by atoms with Crippen LogP contribution in [0.1, 0.15) is 97.9 Å². The molecular weight excluding hydrogens is 839 g/mol. The number of carbonyl (C=O) groups is 5. The Morgan fingerprint density at radius 2 is 1.14 bits per heavy atom. The van der Waals surface area contributed by atoms with Crippen LogP contribution in [0.4, 0.5) is 9.59 Å². The number of rotatable bonds is 11. The summed E-state index contributed by atoms with van der Waals surface area (Å²) >= 11 is 0. The maximum Gasteiger partial charge on any atom is 0.318 e. The van der Waals surface area contributed by atoms with E-state index < -0.39 is 18.1 Å². The molecule has 9 rings (SSSR count). The van der Waals surface area contributed by atoms with E-state index in [-0.39, 0.29) is 41.9 Å². The van der Waals surface area contributed by atoms with Crippen LogP contribution in [0, 0.1) is 0 Å². The molecule has 16 nitrogen and oxygen atoms in total. The lowest BCUT2D eigenvalue weighted by Crippen LogP contribution is -2.54. The summed E-state index contributed by atoms with van der Waals surface area (Å²) in [6.45, 7) is 4.77. The minimum absolute atomic E-state index is 0.0194. The van der Waals surface area contributed by atoms with Gasteiger partial charge in [-0.2, -0.15) is 0 Å². The van der Waals surface area contributed by atoms with Crippen LogP contribution in [0.15, 0.2) is 91.1 Å². The van der Waals surface area contributed by atoms with E-state index in [1.165, 1.54) is 5.56 Å². The van der Waals surface area contributed by atoms with Gasteiger partial charge in [-0.1, -0.05) is 84.9 Å². The van der Waals surface area contributed by atoms with Gasteiger partial charge in [-0.25, -0.2) is 14.6 Å². The zero-order valence-electron chi connectivity index (χ0n) is 37.4. The van der Waals surface area contributed by atoms with Crippen LogP contribution < -0.4 is 16.0 Å². The Morgan fingerprint density at radius 1 is 0.606 bits per heavy atom. The molecule has 1 aliphatic carbocycles. The molecule has 0 unspecified atom stereocenters. The number of aromatic nitrogens is 2. The zero-order valence-corrected chi connectivity index (χ0v) is 37.4. The highest BCUT2D eigenvalue weighted by atomic mass is 16.5. The van der Waals surface area contributed by atoms with Gasteiger partial charge in [0.1, 0.15) is 23.9 Å². The first-order valence-electron chi connectivity index (χ1n) is 23.7. The summed E-state index contributed by atoms with van der Waals surface area (Å²) in [4.78, 5) is 84.0. The number of likely N-dealkylation sites (tertiary alicyclic amines) is 2. The minimum atomic E-state index is -0.901. The highest BCUT2D eigenvalue weighted by molar-refractivity contribution is 5.93. The summed E-state index contributed by atoms with van der Waals surface area (Å²) in [5.41, 5.74) is 4.54. The van der Waals surface area contributed by atoms with Gasteiger partial charge in [0.25, 0.3) is 5.91 Å². The molecule has 0 bridgehead atoms. The Kier molecular flexibility index (Phi) is 14.2. The van der Waals surface area contributed by atoms with Crippen molar-refractivity contribution in [1.29, 1.82) is 0 Å². The Bertz CT molecular complexity index is 2290. The quantitative estimate of drug-likeness (QED) is 0.154. The van der Waals surface area contributed by atoms with Gasteiger partial charge in [0.15, 0.2) is 0 Å². The molecule has 4 aromatic rings. The number of amides is 7.